The zero-order valence-electron chi connectivity index (χ0n) is 14.8. The Labute approximate surface area is 149 Å². The van der Waals surface area contributed by atoms with Gasteiger partial charge in [-0.05, 0) is 42.9 Å². The van der Waals surface area contributed by atoms with Gasteiger partial charge in [0.05, 0.1) is 31.1 Å². The minimum Gasteiger partial charge on any atom is -0.389 e. The summed E-state index contributed by atoms with van der Waals surface area (Å²) in [6, 6.07) is 8.97. The molecule has 1 aliphatic heterocycles. The van der Waals surface area contributed by atoms with Gasteiger partial charge in [0.25, 0.3) is 0 Å². The van der Waals surface area contributed by atoms with Gasteiger partial charge in [-0.15, -0.1) is 0 Å². The first-order valence-electron chi connectivity index (χ1n) is 9.29. The molecule has 0 spiro atoms. The van der Waals surface area contributed by atoms with Crippen LogP contribution in [0.25, 0.3) is 0 Å². The second-order valence-corrected chi connectivity index (χ2v) is 7.44. The van der Waals surface area contributed by atoms with E-state index in [1.54, 1.807) is 0 Å². The van der Waals surface area contributed by atoms with Gasteiger partial charge in [-0.25, -0.2) is 0 Å². The minimum absolute atomic E-state index is 0.135. The Kier molecular flexibility index (Phi) is 4.88. The summed E-state index contributed by atoms with van der Waals surface area (Å²) in [6.45, 7) is 5.03. The number of ether oxygens (including phenoxy) is 1. The Morgan fingerprint density at radius 3 is 2.96 bits per heavy atom. The second-order valence-electron chi connectivity index (χ2n) is 7.44. The molecule has 1 aromatic heterocycles. The van der Waals surface area contributed by atoms with Gasteiger partial charge >= 0.3 is 0 Å². The van der Waals surface area contributed by atoms with Crippen LogP contribution >= 0.6 is 0 Å². The van der Waals surface area contributed by atoms with E-state index < -0.39 is 6.10 Å². The average molecular weight is 341 g/mol. The molecule has 2 heterocycles. The first-order chi connectivity index (χ1) is 12.2. The smallest absolute Gasteiger partial charge is 0.0900 e. The molecule has 1 saturated heterocycles. The highest BCUT2D eigenvalue weighted by Gasteiger charge is 2.30. The fourth-order valence-corrected chi connectivity index (χ4v) is 3.95. The highest BCUT2D eigenvalue weighted by Crippen LogP contribution is 2.32. The molecule has 0 bridgehead atoms. The van der Waals surface area contributed by atoms with Crippen LogP contribution in [-0.2, 0) is 11.2 Å². The highest BCUT2D eigenvalue weighted by molar-refractivity contribution is 5.31. The zero-order chi connectivity index (χ0) is 17.2. The van der Waals surface area contributed by atoms with Gasteiger partial charge < -0.3 is 9.84 Å². The molecule has 0 amide bonds. The van der Waals surface area contributed by atoms with Crippen molar-refractivity contribution in [3.63, 3.8) is 0 Å². The van der Waals surface area contributed by atoms with Crippen LogP contribution in [-0.4, -0.2) is 52.1 Å². The van der Waals surface area contributed by atoms with E-state index in [-0.39, 0.29) is 6.10 Å². The number of likely N-dealkylation sites (tertiary alicyclic amines) is 1. The fourth-order valence-electron chi connectivity index (χ4n) is 3.95. The van der Waals surface area contributed by atoms with Gasteiger partial charge in [0.2, 0.25) is 0 Å². The molecule has 0 saturated carbocycles. The van der Waals surface area contributed by atoms with E-state index >= 15 is 0 Å². The predicted octanol–water partition coefficient (Wildman–Crippen LogP) is 2.50. The number of nitrogens with zero attached hydrogens (tertiary/aromatic N) is 3. The van der Waals surface area contributed by atoms with E-state index in [1.165, 1.54) is 16.7 Å². The third-order valence-electron chi connectivity index (χ3n) is 5.32. The molecule has 2 atom stereocenters. The molecule has 5 heteroatoms. The third kappa shape index (κ3) is 3.78. The Bertz CT molecular complexity index is 708. The quantitative estimate of drug-likeness (QED) is 0.877. The summed E-state index contributed by atoms with van der Waals surface area (Å²) < 4.78 is 8.10. The normalized spacial score (nSPS) is 22.4. The average Bonchev–Trinajstić information content (AvgIpc) is 3.01. The van der Waals surface area contributed by atoms with Crippen LogP contribution in [0.4, 0.5) is 0 Å². The Morgan fingerprint density at radius 2 is 2.16 bits per heavy atom. The molecule has 1 fully saturated rings. The van der Waals surface area contributed by atoms with Crippen molar-refractivity contribution in [2.24, 2.45) is 0 Å². The Morgan fingerprint density at radius 1 is 1.32 bits per heavy atom. The van der Waals surface area contributed by atoms with Crippen molar-refractivity contribution in [1.82, 2.24) is 14.7 Å². The minimum atomic E-state index is -0.436. The number of aryl methyl sites for hydroxylation is 2. The third-order valence-corrected chi connectivity index (χ3v) is 5.32. The maximum absolute atomic E-state index is 10.3. The van der Waals surface area contributed by atoms with E-state index in [1.807, 2.05) is 10.9 Å². The summed E-state index contributed by atoms with van der Waals surface area (Å²) in [5.41, 5.74) is 3.90. The SMILES string of the molecule is Cc1cnn(C2CN(C[C@H](O)CO[C@@H]3CCCc4ccccc43)C2)c1. The zero-order valence-corrected chi connectivity index (χ0v) is 14.8. The lowest BCUT2D eigenvalue weighted by Crippen LogP contribution is -2.51. The summed E-state index contributed by atoms with van der Waals surface area (Å²) >= 11 is 0. The molecule has 2 aliphatic rings. The standard InChI is InChI=1S/C20H27N3O2/c1-15-9-21-23(10-15)17-11-22(12-17)13-18(24)14-25-20-8-4-6-16-5-2-3-7-19(16)20/h2-3,5,7,9-10,17-18,20,24H,4,6,8,11-14H2,1H3/t18-,20+/m0/s1. The van der Waals surface area contributed by atoms with Crippen LogP contribution < -0.4 is 0 Å². The molecule has 0 radical (unpaired) electrons. The van der Waals surface area contributed by atoms with Gasteiger partial charge in [-0.1, -0.05) is 24.3 Å². The molecule has 134 valence electrons. The summed E-state index contributed by atoms with van der Waals surface area (Å²) in [7, 11) is 0. The van der Waals surface area contributed by atoms with Crippen LogP contribution in [0.15, 0.2) is 36.7 Å². The monoisotopic (exact) mass is 341 g/mol. The number of fused-ring (bicyclic) bond motifs is 1. The number of aliphatic hydroxyl groups is 1. The number of hydrogen-bond acceptors (Lipinski definition) is 4. The van der Waals surface area contributed by atoms with E-state index in [2.05, 4.69) is 47.4 Å². The van der Waals surface area contributed by atoms with Gasteiger partial charge in [0, 0.05) is 25.8 Å². The van der Waals surface area contributed by atoms with Crippen molar-refractivity contribution < 1.29 is 9.84 Å². The summed E-state index contributed by atoms with van der Waals surface area (Å²) in [5.74, 6) is 0. The topological polar surface area (TPSA) is 50.5 Å². The second kappa shape index (κ2) is 7.28. The van der Waals surface area contributed by atoms with Gasteiger partial charge in [0.1, 0.15) is 0 Å². The van der Waals surface area contributed by atoms with Crippen LogP contribution in [0.2, 0.25) is 0 Å². The molecular weight excluding hydrogens is 314 g/mol. The molecular formula is C20H27N3O2. The largest absolute Gasteiger partial charge is 0.389 e. The van der Waals surface area contributed by atoms with Crippen LogP contribution in [0.1, 0.15) is 41.7 Å². The van der Waals surface area contributed by atoms with Crippen LogP contribution in [0.5, 0.6) is 0 Å². The maximum Gasteiger partial charge on any atom is 0.0900 e. The molecule has 1 aliphatic carbocycles. The fraction of sp³-hybridized carbons (Fsp3) is 0.550. The number of hydrogen-bond donors (Lipinski definition) is 1. The molecule has 1 aromatic carbocycles. The number of aliphatic hydroxyl groups excluding tert-OH is 1. The molecule has 25 heavy (non-hydrogen) atoms. The van der Waals surface area contributed by atoms with Gasteiger partial charge in [-0.3, -0.25) is 9.58 Å². The van der Waals surface area contributed by atoms with Gasteiger partial charge in [0.15, 0.2) is 0 Å². The summed E-state index contributed by atoms with van der Waals surface area (Å²) in [4.78, 5) is 2.27. The van der Waals surface area contributed by atoms with Crippen molar-refractivity contribution in [3.8, 4) is 0 Å². The maximum atomic E-state index is 10.3. The number of β-amino-alcohol motifs (C(OH)–C–C–N with tert-alkyl or cyclic N) is 1. The summed E-state index contributed by atoms with van der Waals surface area (Å²) in [6.07, 6.45) is 7.03. The first-order valence-corrected chi connectivity index (χ1v) is 9.29. The van der Waals surface area contributed by atoms with Crippen molar-refractivity contribution in [3.05, 3.63) is 53.3 Å². The predicted molar refractivity (Wildman–Crippen MR) is 96.5 cm³/mol. The Balaban J connectivity index is 1.22. The molecule has 2 aromatic rings. The summed E-state index contributed by atoms with van der Waals surface area (Å²) in [5, 5.41) is 14.7. The van der Waals surface area contributed by atoms with E-state index in [0.717, 1.165) is 32.4 Å². The molecule has 4 rings (SSSR count). The van der Waals surface area contributed by atoms with E-state index in [9.17, 15) is 5.11 Å². The lowest BCUT2D eigenvalue weighted by Gasteiger charge is -2.40. The van der Waals surface area contributed by atoms with Crippen molar-refractivity contribution in [2.45, 2.75) is 44.4 Å². The lowest BCUT2D eigenvalue weighted by atomic mass is 9.89. The molecule has 0 unspecified atom stereocenters. The lowest BCUT2D eigenvalue weighted by molar-refractivity contribution is -0.0409. The Hall–Kier alpha value is -1.69. The van der Waals surface area contributed by atoms with Crippen molar-refractivity contribution in [2.75, 3.05) is 26.2 Å². The number of aromatic nitrogens is 2. The molecule has 1 N–H and O–H groups in total. The van der Waals surface area contributed by atoms with E-state index in [0.29, 0.717) is 19.2 Å². The number of benzene rings is 1. The van der Waals surface area contributed by atoms with E-state index in [4.69, 9.17) is 4.74 Å². The van der Waals surface area contributed by atoms with Crippen molar-refractivity contribution in [1.29, 1.82) is 0 Å². The van der Waals surface area contributed by atoms with Crippen molar-refractivity contribution >= 4 is 0 Å². The number of rotatable bonds is 6. The first kappa shape index (κ1) is 16.8. The van der Waals surface area contributed by atoms with Crippen LogP contribution in [0, 0.1) is 6.92 Å². The van der Waals surface area contributed by atoms with Gasteiger partial charge in [-0.2, -0.15) is 5.10 Å². The molecule has 5 nitrogen and oxygen atoms in total. The highest BCUT2D eigenvalue weighted by atomic mass is 16.5. The van der Waals surface area contributed by atoms with Crippen LogP contribution in [0.3, 0.4) is 0 Å².